The Morgan fingerprint density at radius 1 is 1.33 bits per heavy atom. The minimum atomic E-state index is -0.756. The average Bonchev–Trinajstić information content (AvgIpc) is 2.86. The number of anilines is 1. The van der Waals surface area contributed by atoms with Gasteiger partial charge in [0.2, 0.25) is 0 Å². The number of halogens is 2. The van der Waals surface area contributed by atoms with Crippen LogP contribution in [0.15, 0.2) is 12.1 Å². The topological polar surface area (TPSA) is 41.1 Å². The smallest absolute Gasteiger partial charge is 0.251 e. The molecule has 0 spiro atoms. The second-order valence-corrected chi connectivity index (χ2v) is 6.70. The highest BCUT2D eigenvalue weighted by Gasteiger charge is 2.26. The molecule has 0 bridgehead atoms. The van der Waals surface area contributed by atoms with Crippen molar-refractivity contribution < 1.29 is 13.6 Å². The highest BCUT2D eigenvalue weighted by atomic mass is 32.2. The molecule has 0 aromatic heterocycles. The molecule has 2 unspecified atom stereocenters. The maximum absolute atomic E-state index is 13.7. The normalized spacial score (nSPS) is 21.3. The van der Waals surface area contributed by atoms with E-state index in [-0.39, 0.29) is 17.3 Å². The van der Waals surface area contributed by atoms with Gasteiger partial charge in [0.25, 0.3) is 5.91 Å². The predicted molar refractivity (Wildman–Crippen MR) is 82.9 cm³/mol. The summed E-state index contributed by atoms with van der Waals surface area (Å²) in [6, 6.07) is 2.23. The fourth-order valence-electron chi connectivity index (χ4n) is 2.67. The van der Waals surface area contributed by atoms with Gasteiger partial charge in [0.15, 0.2) is 0 Å². The van der Waals surface area contributed by atoms with Crippen molar-refractivity contribution >= 4 is 23.4 Å². The fraction of sp³-hybridized carbons (Fsp3) is 0.533. The van der Waals surface area contributed by atoms with Gasteiger partial charge in [-0.05, 0) is 37.1 Å². The highest BCUT2D eigenvalue weighted by Crippen LogP contribution is 2.30. The van der Waals surface area contributed by atoms with Crippen molar-refractivity contribution in [2.45, 2.75) is 37.5 Å². The maximum atomic E-state index is 13.7. The second-order valence-electron chi connectivity index (χ2n) is 5.13. The lowest BCUT2D eigenvalue weighted by molar-refractivity contribution is 0.0937. The third-order valence-electron chi connectivity index (χ3n) is 3.68. The molecule has 0 radical (unpaired) electrons. The number of thioether (sulfide) groups is 1. The Kier molecular flexibility index (Phi) is 5.45. The molecular weight excluding hydrogens is 294 g/mol. The molecule has 1 aliphatic rings. The molecule has 1 amide bonds. The number of hydrogen-bond acceptors (Lipinski definition) is 3. The van der Waals surface area contributed by atoms with Crippen molar-refractivity contribution in [3.8, 4) is 0 Å². The summed E-state index contributed by atoms with van der Waals surface area (Å²) in [7, 11) is 1.44. The molecule has 0 saturated heterocycles. The van der Waals surface area contributed by atoms with E-state index in [2.05, 4.69) is 17.6 Å². The zero-order valence-electron chi connectivity index (χ0n) is 12.2. The molecule has 2 N–H and O–H groups in total. The maximum Gasteiger partial charge on any atom is 0.251 e. The van der Waals surface area contributed by atoms with Gasteiger partial charge in [-0.2, -0.15) is 11.8 Å². The monoisotopic (exact) mass is 314 g/mol. The largest absolute Gasteiger partial charge is 0.383 e. The molecule has 1 saturated carbocycles. The van der Waals surface area contributed by atoms with Crippen molar-refractivity contribution in [1.82, 2.24) is 5.32 Å². The molecule has 2 rings (SSSR count). The number of benzene rings is 1. The molecule has 1 aromatic carbocycles. The number of carbonyl (C=O) groups excluding carboxylic acids is 1. The van der Waals surface area contributed by atoms with Crippen molar-refractivity contribution in [2.75, 3.05) is 18.1 Å². The molecule has 1 aromatic rings. The summed E-state index contributed by atoms with van der Waals surface area (Å²) >= 11 is 1.90. The molecular formula is C15H20F2N2OS. The SMILES string of the molecule is CCSC1CCC(NC(=O)c2cc(F)c(NC)c(F)c2)C1. The summed E-state index contributed by atoms with van der Waals surface area (Å²) in [5, 5.41) is 5.88. The van der Waals surface area contributed by atoms with Crippen LogP contribution in [0.1, 0.15) is 36.5 Å². The minimum absolute atomic E-state index is 0.0237. The average molecular weight is 314 g/mol. The summed E-state index contributed by atoms with van der Waals surface area (Å²) in [6.07, 6.45) is 2.91. The lowest BCUT2D eigenvalue weighted by Gasteiger charge is -2.14. The molecule has 0 aliphatic heterocycles. The Bertz CT molecular complexity index is 501. The van der Waals surface area contributed by atoms with Gasteiger partial charge in [-0.25, -0.2) is 8.78 Å². The van der Waals surface area contributed by atoms with Crippen LogP contribution >= 0.6 is 11.8 Å². The van der Waals surface area contributed by atoms with Crippen molar-refractivity contribution in [2.24, 2.45) is 0 Å². The standard InChI is InChI=1S/C15H20F2N2OS/c1-3-21-11-5-4-10(8-11)19-15(20)9-6-12(16)14(18-2)13(17)7-9/h6-7,10-11,18H,3-5,8H2,1-2H3,(H,19,20). The van der Waals surface area contributed by atoms with Gasteiger partial charge in [0.1, 0.15) is 17.3 Å². The Morgan fingerprint density at radius 2 is 2.00 bits per heavy atom. The summed E-state index contributed by atoms with van der Waals surface area (Å²) in [6.45, 7) is 2.12. The van der Waals surface area contributed by atoms with Gasteiger partial charge in [0.05, 0.1) is 0 Å². The number of rotatable bonds is 5. The van der Waals surface area contributed by atoms with Crippen molar-refractivity contribution in [1.29, 1.82) is 0 Å². The van der Waals surface area contributed by atoms with E-state index in [1.165, 1.54) is 7.05 Å². The minimum Gasteiger partial charge on any atom is -0.383 e. The predicted octanol–water partition coefficient (Wildman–Crippen LogP) is 3.41. The third-order valence-corrected chi connectivity index (χ3v) is 4.91. The molecule has 1 fully saturated rings. The van der Waals surface area contributed by atoms with Crippen LogP contribution in [0.4, 0.5) is 14.5 Å². The van der Waals surface area contributed by atoms with Gasteiger partial charge in [-0.3, -0.25) is 4.79 Å². The Morgan fingerprint density at radius 3 is 2.57 bits per heavy atom. The Balaban J connectivity index is 2.01. The van der Waals surface area contributed by atoms with E-state index >= 15 is 0 Å². The first-order valence-corrected chi connectivity index (χ1v) is 8.19. The zero-order valence-corrected chi connectivity index (χ0v) is 13.0. The summed E-state index contributed by atoms with van der Waals surface area (Å²) in [4.78, 5) is 12.1. The van der Waals surface area contributed by atoms with E-state index in [1.54, 1.807) is 0 Å². The molecule has 2 atom stereocenters. The van der Waals surface area contributed by atoms with E-state index in [0.29, 0.717) is 5.25 Å². The highest BCUT2D eigenvalue weighted by molar-refractivity contribution is 7.99. The Hall–Kier alpha value is -1.30. The number of hydrogen-bond donors (Lipinski definition) is 2. The first-order chi connectivity index (χ1) is 10.0. The van der Waals surface area contributed by atoms with Gasteiger partial charge >= 0.3 is 0 Å². The molecule has 6 heteroatoms. The Labute approximate surface area is 127 Å². The fourth-order valence-corrected chi connectivity index (χ4v) is 3.81. The van der Waals surface area contributed by atoms with Crippen LogP contribution in [0, 0.1) is 11.6 Å². The van der Waals surface area contributed by atoms with Gasteiger partial charge in [-0.1, -0.05) is 6.92 Å². The van der Waals surface area contributed by atoms with Crippen LogP contribution < -0.4 is 10.6 Å². The first kappa shape index (κ1) is 16.1. The summed E-state index contributed by atoms with van der Waals surface area (Å²) < 4.78 is 27.3. The van der Waals surface area contributed by atoms with Crippen LogP contribution in [-0.4, -0.2) is 30.0 Å². The molecule has 1 aliphatic carbocycles. The van der Waals surface area contributed by atoms with Crippen LogP contribution in [0.5, 0.6) is 0 Å². The van der Waals surface area contributed by atoms with E-state index in [0.717, 1.165) is 37.1 Å². The van der Waals surface area contributed by atoms with Gasteiger partial charge in [0, 0.05) is 23.9 Å². The van der Waals surface area contributed by atoms with Gasteiger partial charge in [-0.15, -0.1) is 0 Å². The van der Waals surface area contributed by atoms with Crippen LogP contribution in [-0.2, 0) is 0 Å². The lowest BCUT2D eigenvalue weighted by atomic mass is 10.1. The first-order valence-electron chi connectivity index (χ1n) is 7.14. The number of amides is 1. The quantitative estimate of drug-likeness (QED) is 0.875. The molecule has 3 nitrogen and oxygen atoms in total. The lowest BCUT2D eigenvalue weighted by Crippen LogP contribution is -2.33. The molecule has 0 heterocycles. The van der Waals surface area contributed by atoms with Crippen LogP contribution in [0.2, 0.25) is 0 Å². The zero-order chi connectivity index (χ0) is 15.4. The number of nitrogens with one attached hydrogen (secondary N) is 2. The molecule has 21 heavy (non-hydrogen) atoms. The molecule has 116 valence electrons. The number of carbonyl (C=O) groups is 1. The van der Waals surface area contributed by atoms with Crippen molar-refractivity contribution in [3.05, 3.63) is 29.3 Å². The van der Waals surface area contributed by atoms with Crippen LogP contribution in [0.25, 0.3) is 0 Å². The van der Waals surface area contributed by atoms with E-state index < -0.39 is 17.5 Å². The van der Waals surface area contributed by atoms with E-state index in [1.807, 2.05) is 11.8 Å². The van der Waals surface area contributed by atoms with E-state index in [4.69, 9.17) is 0 Å². The summed E-state index contributed by atoms with van der Waals surface area (Å²) in [5.41, 5.74) is -0.192. The van der Waals surface area contributed by atoms with E-state index in [9.17, 15) is 13.6 Å². The second kappa shape index (κ2) is 7.11. The van der Waals surface area contributed by atoms with Crippen LogP contribution in [0.3, 0.4) is 0 Å². The summed E-state index contributed by atoms with van der Waals surface area (Å²) in [5.74, 6) is -0.864. The van der Waals surface area contributed by atoms with Gasteiger partial charge < -0.3 is 10.6 Å². The van der Waals surface area contributed by atoms with Crippen molar-refractivity contribution in [3.63, 3.8) is 0 Å². The third kappa shape index (κ3) is 3.87.